The molecule has 0 fully saturated rings. The van der Waals surface area contributed by atoms with Gasteiger partial charge in [-0.3, -0.25) is 0 Å². The number of aromatic nitrogens is 2. The zero-order valence-corrected chi connectivity index (χ0v) is 11.2. The van der Waals surface area contributed by atoms with Gasteiger partial charge < -0.3 is 10.3 Å². The number of aryl methyl sites for hydroxylation is 2. The van der Waals surface area contributed by atoms with Crippen molar-refractivity contribution in [2.45, 2.75) is 26.2 Å². The minimum atomic E-state index is -4.05. The van der Waals surface area contributed by atoms with E-state index in [2.05, 4.69) is 23.5 Å². The molecule has 0 unspecified atom stereocenters. The third-order valence-electron chi connectivity index (χ3n) is 2.11. The van der Waals surface area contributed by atoms with Crippen LogP contribution in [0, 0.1) is 0 Å². The maximum absolute atomic E-state index is 9.60. The van der Waals surface area contributed by atoms with Crippen LogP contribution in [0.3, 0.4) is 0 Å². The van der Waals surface area contributed by atoms with Gasteiger partial charge in [0, 0.05) is 13.0 Å². The lowest BCUT2D eigenvalue weighted by atomic mass is 10.2. The highest BCUT2D eigenvalue weighted by atomic mass is 32.2. The molecule has 1 aromatic heterocycles. The van der Waals surface area contributed by atoms with Crippen LogP contribution in [-0.2, 0) is 23.6 Å². The van der Waals surface area contributed by atoms with Crippen LogP contribution >= 0.6 is 0 Å². The van der Waals surface area contributed by atoms with E-state index in [9.17, 15) is 13.0 Å². The summed E-state index contributed by atoms with van der Waals surface area (Å²) >= 11 is 0. The molecule has 100 valence electrons. The van der Waals surface area contributed by atoms with Gasteiger partial charge in [-0.2, -0.15) is 0 Å². The molecule has 0 aliphatic carbocycles. The predicted octanol–water partition coefficient (Wildman–Crippen LogP) is -0.328. The fourth-order valence-electron chi connectivity index (χ4n) is 1.17. The lowest BCUT2D eigenvalue weighted by molar-refractivity contribution is -0.677. The summed E-state index contributed by atoms with van der Waals surface area (Å²) in [4.78, 5) is 3.20. The van der Waals surface area contributed by atoms with Crippen LogP contribution in [-0.4, -0.2) is 30.3 Å². The van der Waals surface area contributed by atoms with Crippen LogP contribution in [0.25, 0.3) is 0 Å². The summed E-state index contributed by atoms with van der Waals surface area (Å²) in [6, 6.07) is 0. The van der Waals surface area contributed by atoms with Gasteiger partial charge in [0.2, 0.25) is 0 Å². The molecule has 0 aliphatic rings. The Morgan fingerprint density at radius 3 is 2.47 bits per heavy atom. The van der Waals surface area contributed by atoms with E-state index in [-0.39, 0.29) is 6.54 Å². The SMILES string of the molecule is CCCCc1[nH]cc[n+]1C.NCCS(=O)(=O)[O-]. The maximum atomic E-state index is 9.60. The van der Waals surface area contributed by atoms with Gasteiger partial charge in [0.25, 0.3) is 5.82 Å². The zero-order valence-electron chi connectivity index (χ0n) is 10.3. The van der Waals surface area contributed by atoms with Gasteiger partial charge >= 0.3 is 0 Å². The molecular formula is C10H21N3O3S. The molecule has 0 bridgehead atoms. The number of nitrogens with zero attached hydrogens (tertiary/aromatic N) is 1. The molecule has 0 radical (unpaired) electrons. The highest BCUT2D eigenvalue weighted by Gasteiger charge is 2.03. The van der Waals surface area contributed by atoms with Crippen molar-refractivity contribution in [2.24, 2.45) is 12.8 Å². The quantitative estimate of drug-likeness (QED) is 0.561. The van der Waals surface area contributed by atoms with E-state index in [4.69, 9.17) is 5.73 Å². The molecule has 0 aliphatic heterocycles. The van der Waals surface area contributed by atoms with Gasteiger partial charge in [0.05, 0.1) is 22.9 Å². The number of hydrogen-bond acceptors (Lipinski definition) is 4. The summed E-state index contributed by atoms with van der Waals surface area (Å²) in [6.07, 6.45) is 7.73. The molecule has 7 heteroatoms. The van der Waals surface area contributed by atoms with E-state index < -0.39 is 15.9 Å². The summed E-state index contributed by atoms with van der Waals surface area (Å²) in [7, 11) is -1.98. The maximum Gasteiger partial charge on any atom is 0.253 e. The van der Waals surface area contributed by atoms with Crippen LogP contribution in [0.4, 0.5) is 0 Å². The molecule has 1 rings (SSSR count). The lowest BCUT2D eigenvalue weighted by Crippen LogP contribution is -2.30. The van der Waals surface area contributed by atoms with E-state index in [0.717, 1.165) is 0 Å². The number of aromatic amines is 1. The molecule has 0 saturated heterocycles. The van der Waals surface area contributed by atoms with Crippen molar-refractivity contribution < 1.29 is 17.5 Å². The number of H-pyrrole nitrogens is 1. The van der Waals surface area contributed by atoms with E-state index in [1.165, 1.54) is 25.1 Å². The number of hydrogen-bond donors (Lipinski definition) is 2. The molecule has 0 amide bonds. The fraction of sp³-hybridized carbons (Fsp3) is 0.700. The number of rotatable bonds is 5. The van der Waals surface area contributed by atoms with E-state index >= 15 is 0 Å². The molecule has 0 saturated carbocycles. The first-order valence-corrected chi connectivity index (χ1v) is 7.14. The molecular weight excluding hydrogens is 242 g/mol. The van der Waals surface area contributed by atoms with Crippen LogP contribution < -0.4 is 10.3 Å². The van der Waals surface area contributed by atoms with Crippen LogP contribution in [0.2, 0.25) is 0 Å². The highest BCUT2D eigenvalue weighted by molar-refractivity contribution is 7.85. The Morgan fingerprint density at radius 1 is 1.53 bits per heavy atom. The zero-order chi connectivity index (χ0) is 13.3. The van der Waals surface area contributed by atoms with Gasteiger partial charge in [-0.1, -0.05) is 13.3 Å². The second kappa shape index (κ2) is 8.21. The molecule has 6 nitrogen and oxygen atoms in total. The Hall–Kier alpha value is -0.920. The fourth-order valence-corrected chi connectivity index (χ4v) is 1.46. The summed E-state index contributed by atoms with van der Waals surface area (Å²) in [6.45, 7) is 2.12. The Kier molecular flexibility index (Phi) is 7.77. The Balaban J connectivity index is 0.000000325. The number of unbranched alkanes of at least 4 members (excludes halogenated alkanes) is 1. The summed E-state index contributed by atoms with van der Waals surface area (Å²) in [5, 5.41) is 0. The first kappa shape index (κ1) is 16.1. The summed E-state index contributed by atoms with van der Waals surface area (Å²) < 4.78 is 30.9. The van der Waals surface area contributed by atoms with Crippen LogP contribution in [0.1, 0.15) is 25.6 Å². The smallest absolute Gasteiger partial charge is 0.253 e. The average molecular weight is 263 g/mol. The minimum absolute atomic E-state index is 0.0914. The van der Waals surface area contributed by atoms with E-state index in [0.29, 0.717) is 0 Å². The summed E-state index contributed by atoms with van der Waals surface area (Å²) in [5.41, 5.74) is 4.74. The molecule has 3 N–H and O–H groups in total. The van der Waals surface area contributed by atoms with E-state index in [1.807, 2.05) is 12.4 Å². The summed E-state index contributed by atoms with van der Waals surface area (Å²) in [5.74, 6) is 0.856. The molecule has 1 heterocycles. The monoisotopic (exact) mass is 263 g/mol. The third-order valence-corrected chi connectivity index (χ3v) is 2.84. The lowest BCUT2D eigenvalue weighted by Gasteiger charge is -2.00. The molecule has 0 aromatic carbocycles. The van der Waals surface area contributed by atoms with Gasteiger partial charge in [0.15, 0.2) is 0 Å². The molecule has 1 aromatic rings. The van der Waals surface area contributed by atoms with Crippen LogP contribution in [0.5, 0.6) is 0 Å². The van der Waals surface area contributed by atoms with Crippen molar-refractivity contribution in [3.05, 3.63) is 18.2 Å². The van der Waals surface area contributed by atoms with Crippen LogP contribution in [0.15, 0.2) is 12.4 Å². The predicted molar refractivity (Wildman–Crippen MR) is 64.2 cm³/mol. The number of imidazole rings is 1. The van der Waals surface area contributed by atoms with Gasteiger partial charge in [-0.05, 0) is 6.42 Å². The van der Waals surface area contributed by atoms with Crippen molar-refractivity contribution in [1.82, 2.24) is 4.98 Å². The first-order chi connectivity index (χ1) is 7.90. The van der Waals surface area contributed by atoms with Gasteiger partial charge in [0.1, 0.15) is 12.4 Å². The van der Waals surface area contributed by atoms with Crippen molar-refractivity contribution in [1.29, 1.82) is 0 Å². The third kappa shape index (κ3) is 8.84. The Morgan fingerprint density at radius 2 is 2.18 bits per heavy atom. The largest absolute Gasteiger partial charge is 0.748 e. The number of nitrogens with two attached hydrogens (primary N) is 1. The van der Waals surface area contributed by atoms with Crippen molar-refractivity contribution in [3.8, 4) is 0 Å². The highest BCUT2D eigenvalue weighted by Crippen LogP contribution is 1.94. The first-order valence-electron chi connectivity index (χ1n) is 5.56. The van der Waals surface area contributed by atoms with E-state index in [1.54, 1.807) is 0 Å². The molecule has 17 heavy (non-hydrogen) atoms. The normalized spacial score (nSPS) is 10.8. The van der Waals surface area contributed by atoms with Gasteiger partial charge in [-0.25, -0.2) is 18.0 Å². The molecule has 0 atom stereocenters. The Bertz CT molecular complexity index is 401. The van der Waals surface area contributed by atoms with Crippen molar-refractivity contribution in [2.75, 3.05) is 12.3 Å². The second-order valence-electron chi connectivity index (χ2n) is 3.67. The standard InChI is InChI=1S/C8H14N2.C2H7NO3S/c1-3-4-5-8-9-6-7-10(8)2;3-1-2-7(4,5)6/h6-7H,3-5H2,1-2H3;1-3H2,(H,4,5,6). The van der Waals surface area contributed by atoms with Crippen molar-refractivity contribution in [3.63, 3.8) is 0 Å². The average Bonchev–Trinajstić information content (AvgIpc) is 2.60. The topological polar surface area (TPSA) is 103 Å². The van der Waals surface area contributed by atoms with Gasteiger partial charge in [-0.15, -0.1) is 0 Å². The minimum Gasteiger partial charge on any atom is -0.748 e. The van der Waals surface area contributed by atoms with Crippen molar-refractivity contribution >= 4 is 10.1 Å². The number of nitrogens with one attached hydrogen (secondary N) is 1. The Labute approximate surface area is 103 Å². The second-order valence-corrected chi connectivity index (χ2v) is 5.20. The molecule has 0 spiro atoms.